The van der Waals surface area contributed by atoms with Crippen molar-refractivity contribution in [3.05, 3.63) is 212 Å². The summed E-state index contributed by atoms with van der Waals surface area (Å²) in [6.45, 7) is 0. The highest BCUT2D eigenvalue weighted by molar-refractivity contribution is 6.17. The van der Waals surface area contributed by atoms with Gasteiger partial charge in [-0.1, -0.05) is 200 Å². The molecular weight excluding hydrogens is 679 g/mol. The van der Waals surface area contributed by atoms with Crippen molar-refractivity contribution in [1.29, 1.82) is 0 Å². The van der Waals surface area contributed by atoms with Gasteiger partial charge in [0.1, 0.15) is 0 Å². The fourth-order valence-corrected chi connectivity index (χ4v) is 7.75. The standard InChI is InChI=1S/C53H35N3/c1-4-15-38(16-5-1)43-21-10-11-22-45(43)52-47-25-14-24-44(51(47)46-23-12-13-26-48(46)54-52)39-31-27-36(28-32-39)37-29-33-41(34-30-37)50-35-49(40-17-6-2-7-18-40)55-53(56-50)42-19-8-3-9-20-42/h1-35H. The maximum Gasteiger partial charge on any atom is 0.160 e. The van der Waals surface area contributed by atoms with Gasteiger partial charge in [-0.05, 0) is 45.5 Å². The predicted octanol–water partition coefficient (Wildman–Crippen LogP) is 13.8. The highest BCUT2D eigenvalue weighted by Crippen LogP contribution is 2.41. The lowest BCUT2D eigenvalue weighted by atomic mass is 9.90. The molecule has 0 bridgehead atoms. The van der Waals surface area contributed by atoms with E-state index in [1.54, 1.807) is 0 Å². The van der Waals surface area contributed by atoms with Gasteiger partial charge in [-0.15, -0.1) is 0 Å². The van der Waals surface area contributed by atoms with Crippen LogP contribution in [0.4, 0.5) is 0 Å². The summed E-state index contributed by atoms with van der Waals surface area (Å²) in [5, 5.41) is 3.50. The summed E-state index contributed by atoms with van der Waals surface area (Å²) in [6, 6.07) is 74.5. The van der Waals surface area contributed by atoms with Crippen LogP contribution in [0.15, 0.2) is 212 Å². The van der Waals surface area contributed by atoms with E-state index in [4.69, 9.17) is 15.0 Å². The van der Waals surface area contributed by atoms with Crippen molar-refractivity contribution in [3.8, 4) is 78.5 Å². The molecule has 0 aliphatic rings. The van der Waals surface area contributed by atoms with Crippen molar-refractivity contribution >= 4 is 21.7 Å². The number of nitrogens with zero attached hydrogens (tertiary/aromatic N) is 3. The average Bonchev–Trinajstić information content (AvgIpc) is 3.29. The Morgan fingerprint density at radius 1 is 0.268 bits per heavy atom. The zero-order chi connectivity index (χ0) is 37.3. The molecule has 0 amide bonds. The minimum Gasteiger partial charge on any atom is -0.247 e. The van der Waals surface area contributed by atoms with Crippen LogP contribution in [-0.2, 0) is 0 Å². The van der Waals surface area contributed by atoms with Crippen molar-refractivity contribution in [2.24, 2.45) is 0 Å². The summed E-state index contributed by atoms with van der Waals surface area (Å²) in [5.74, 6) is 0.714. The molecule has 0 saturated heterocycles. The smallest absolute Gasteiger partial charge is 0.160 e. The summed E-state index contributed by atoms with van der Waals surface area (Å²) in [7, 11) is 0. The molecule has 10 aromatic rings. The van der Waals surface area contributed by atoms with Gasteiger partial charge in [-0.2, -0.15) is 0 Å². The molecule has 0 N–H and O–H groups in total. The molecule has 0 atom stereocenters. The monoisotopic (exact) mass is 713 g/mol. The van der Waals surface area contributed by atoms with Crippen LogP contribution in [0.5, 0.6) is 0 Å². The molecular formula is C53H35N3. The van der Waals surface area contributed by atoms with E-state index in [0.29, 0.717) is 5.82 Å². The number of benzene rings is 8. The van der Waals surface area contributed by atoms with Crippen LogP contribution < -0.4 is 0 Å². The van der Waals surface area contributed by atoms with Crippen molar-refractivity contribution < 1.29 is 0 Å². The zero-order valence-electron chi connectivity index (χ0n) is 30.5. The molecule has 262 valence electrons. The number of hydrogen-bond donors (Lipinski definition) is 0. The predicted molar refractivity (Wildman–Crippen MR) is 233 cm³/mol. The first kappa shape index (κ1) is 33.1. The normalized spacial score (nSPS) is 11.2. The molecule has 3 heteroatoms. The Labute approximate surface area is 326 Å². The van der Waals surface area contributed by atoms with E-state index in [9.17, 15) is 0 Å². The van der Waals surface area contributed by atoms with E-state index >= 15 is 0 Å². The average molecular weight is 714 g/mol. The zero-order valence-corrected chi connectivity index (χ0v) is 30.5. The molecule has 2 heterocycles. The van der Waals surface area contributed by atoms with Crippen LogP contribution >= 0.6 is 0 Å². The van der Waals surface area contributed by atoms with Crippen LogP contribution in [-0.4, -0.2) is 15.0 Å². The van der Waals surface area contributed by atoms with Crippen LogP contribution in [0.1, 0.15) is 0 Å². The molecule has 8 aromatic carbocycles. The lowest BCUT2D eigenvalue weighted by Gasteiger charge is -2.16. The van der Waals surface area contributed by atoms with Crippen molar-refractivity contribution in [1.82, 2.24) is 15.0 Å². The van der Waals surface area contributed by atoms with E-state index in [1.807, 2.05) is 36.4 Å². The number of fused-ring (bicyclic) bond motifs is 3. The molecule has 3 nitrogen and oxygen atoms in total. The van der Waals surface area contributed by atoms with Gasteiger partial charge in [0, 0.05) is 38.4 Å². The molecule has 0 aliphatic carbocycles. The molecule has 56 heavy (non-hydrogen) atoms. The van der Waals surface area contributed by atoms with Crippen LogP contribution in [0, 0.1) is 0 Å². The highest BCUT2D eigenvalue weighted by Gasteiger charge is 2.17. The number of pyridine rings is 1. The second-order valence-electron chi connectivity index (χ2n) is 14.0. The Morgan fingerprint density at radius 3 is 1.38 bits per heavy atom. The first-order chi connectivity index (χ1) is 27.8. The van der Waals surface area contributed by atoms with Gasteiger partial charge in [-0.3, -0.25) is 0 Å². The highest BCUT2D eigenvalue weighted by atomic mass is 14.9. The summed E-state index contributed by atoms with van der Waals surface area (Å²) in [5.41, 5.74) is 15.0. The van der Waals surface area contributed by atoms with Gasteiger partial charge < -0.3 is 0 Å². The van der Waals surface area contributed by atoms with Crippen molar-refractivity contribution in [2.75, 3.05) is 0 Å². The minimum absolute atomic E-state index is 0.714. The van der Waals surface area contributed by atoms with E-state index < -0.39 is 0 Å². The minimum atomic E-state index is 0.714. The lowest BCUT2D eigenvalue weighted by molar-refractivity contribution is 1.18. The Bertz CT molecular complexity index is 2920. The second kappa shape index (κ2) is 14.4. The Hall–Kier alpha value is -7.49. The maximum atomic E-state index is 5.31. The van der Waals surface area contributed by atoms with Crippen LogP contribution in [0.25, 0.3) is 100 Å². The molecule has 0 unspecified atom stereocenters. The lowest BCUT2D eigenvalue weighted by Crippen LogP contribution is -1.95. The van der Waals surface area contributed by atoms with Crippen molar-refractivity contribution in [2.45, 2.75) is 0 Å². The summed E-state index contributed by atoms with van der Waals surface area (Å²) in [4.78, 5) is 15.3. The third-order valence-corrected chi connectivity index (χ3v) is 10.5. The summed E-state index contributed by atoms with van der Waals surface area (Å²) < 4.78 is 0. The molecule has 2 aromatic heterocycles. The van der Waals surface area contributed by atoms with E-state index in [-0.39, 0.29) is 0 Å². The quantitative estimate of drug-likeness (QED) is 0.154. The topological polar surface area (TPSA) is 38.7 Å². The first-order valence-corrected chi connectivity index (χ1v) is 18.9. The molecule has 0 fully saturated rings. The van der Waals surface area contributed by atoms with E-state index in [0.717, 1.165) is 72.3 Å². The van der Waals surface area contributed by atoms with Crippen molar-refractivity contribution in [3.63, 3.8) is 0 Å². The van der Waals surface area contributed by atoms with Gasteiger partial charge in [-0.25, -0.2) is 15.0 Å². The van der Waals surface area contributed by atoms with Gasteiger partial charge in [0.05, 0.1) is 22.6 Å². The summed E-state index contributed by atoms with van der Waals surface area (Å²) >= 11 is 0. The maximum absolute atomic E-state index is 5.31. The summed E-state index contributed by atoms with van der Waals surface area (Å²) in [6.07, 6.45) is 0. The third kappa shape index (κ3) is 6.21. The second-order valence-corrected chi connectivity index (χ2v) is 14.0. The van der Waals surface area contributed by atoms with E-state index in [2.05, 4.69) is 176 Å². The molecule has 0 aliphatic heterocycles. The third-order valence-electron chi connectivity index (χ3n) is 10.5. The number of rotatable bonds is 7. The van der Waals surface area contributed by atoms with Gasteiger partial charge in [0.25, 0.3) is 0 Å². The molecule has 10 rings (SSSR count). The van der Waals surface area contributed by atoms with E-state index in [1.165, 1.54) is 22.1 Å². The fourth-order valence-electron chi connectivity index (χ4n) is 7.75. The number of aromatic nitrogens is 3. The molecule has 0 radical (unpaired) electrons. The molecule has 0 spiro atoms. The van der Waals surface area contributed by atoms with Gasteiger partial charge in [0.2, 0.25) is 0 Å². The molecule has 0 saturated carbocycles. The Balaban J connectivity index is 1.02. The SMILES string of the molecule is c1ccc(-c2cc(-c3ccc(-c4ccc(-c5cccc6c(-c7ccccc7-c7ccccc7)nc7ccccc7c56)cc4)cc3)nc(-c3ccccc3)n2)cc1. The Kier molecular flexibility index (Phi) is 8.51. The Morgan fingerprint density at radius 2 is 0.714 bits per heavy atom. The fraction of sp³-hybridized carbons (Fsp3) is 0. The van der Waals surface area contributed by atoms with Gasteiger partial charge in [0.15, 0.2) is 5.82 Å². The van der Waals surface area contributed by atoms with Crippen LogP contribution in [0.2, 0.25) is 0 Å². The first-order valence-electron chi connectivity index (χ1n) is 18.9. The largest absolute Gasteiger partial charge is 0.247 e. The number of hydrogen-bond acceptors (Lipinski definition) is 3. The number of para-hydroxylation sites is 1. The van der Waals surface area contributed by atoms with Crippen LogP contribution in [0.3, 0.4) is 0 Å². The van der Waals surface area contributed by atoms with Gasteiger partial charge >= 0.3 is 0 Å².